The Kier molecular flexibility index (Phi) is 4.35. The Morgan fingerprint density at radius 1 is 1.50 bits per heavy atom. The number of methoxy groups -OCH3 is 1. The molecule has 0 aliphatic carbocycles. The van der Waals surface area contributed by atoms with E-state index in [9.17, 15) is 18.0 Å². The number of rotatable bonds is 2. The fourth-order valence-corrected chi connectivity index (χ4v) is 1.94. The van der Waals surface area contributed by atoms with Gasteiger partial charge in [-0.3, -0.25) is 4.79 Å². The van der Waals surface area contributed by atoms with Gasteiger partial charge in [0, 0.05) is 4.47 Å². The van der Waals surface area contributed by atoms with Gasteiger partial charge in [0.05, 0.1) is 24.7 Å². The van der Waals surface area contributed by atoms with E-state index >= 15 is 0 Å². The molecule has 0 bridgehead atoms. The van der Waals surface area contributed by atoms with Gasteiger partial charge in [0.2, 0.25) is 0 Å². The van der Waals surface area contributed by atoms with Gasteiger partial charge in [-0.1, -0.05) is 0 Å². The van der Waals surface area contributed by atoms with E-state index in [1.807, 2.05) is 0 Å². The zero-order valence-electron chi connectivity index (χ0n) is 9.14. The van der Waals surface area contributed by atoms with Crippen molar-refractivity contribution in [1.29, 1.82) is 5.26 Å². The van der Waals surface area contributed by atoms with Crippen LogP contribution in [-0.4, -0.2) is 13.1 Å². The quantitative estimate of drug-likeness (QED) is 0.787. The second kappa shape index (κ2) is 5.40. The fraction of sp³-hybridized carbons (Fsp3) is 0.273. The molecule has 0 unspecified atom stereocenters. The maximum absolute atomic E-state index is 12.7. The summed E-state index contributed by atoms with van der Waals surface area (Å²) in [5.41, 5.74) is -1.45. The fourth-order valence-electron chi connectivity index (χ4n) is 1.34. The van der Waals surface area contributed by atoms with E-state index in [4.69, 9.17) is 5.26 Å². The molecule has 1 aromatic rings. The number of nitriles is 1. The molecule has 0 spiro atoms. The van der Waals surface area contributed by atoms with E-state index in [1.165, 1.54) is 12.1 Å². The van der Waals surface area contributed by atoms with Crippen molar-refractivity contribution in [3.8, 4) is 6.07 Å². The second-order valence-corrected chi connectivity index (χ2v) is 4.22. The van der Waals surface area contributed by atoms with Gasteiger partial charge in [-0.15, -0.1) is 0 Å². The summed E-state index contributed by atoms with van der Waals surface area (Å²) in [4.78, 5) is 11.0. The normalized spacial score (nSPS) is 10.9. The van der Waals surface area contributed by atoms with Crippen LogP contribution in [0, 0.1) is 11.3 Å². The zero-order valence-corrected chi connectivity index (χ0v) is 10.7. The first-order valence-corrected chi connectivity index (χ1v) is 5.45. The van der Waals surface area contributed by atoms with Gasteiger partial charge in [0.1, 0.15) is 6.07 Å². The Morgan fingerprint density at radius 3 is 2.56 bits per heavy atom. The molecule has 0 atom stereocenters. The molecular weight excluding hydrogens is 315 g/mol. The molecule has 0 aliphatic rings. The number of ether oxygens (including phenoxy) is 1. The van der Waals surface area contributed by atoms with Crippen molar-refractivity contribution >= 4 is 21.9 Å². The van der Waals surface area contributed by atoms with Gasteiger partial charge < -0.3 is 4.74 Å². The van der Waals surface area contributed by atoms with Crippen molar-refractivity contribution in [2.75, 3.05) is 7.11 Å². The van der Waals surface area contributed by atoms with Gasteiger partial charge in [0.25, 0.3) is 0 Å². The Balaban J connectivity index is 3.32. The number of hydrogen-bond acceptors (Lipinski definition) is 3. The molecule has 96 valence electrons. The smallest absolute Gasteiger partial charge is 0.417 e. The minimum Gasteiger partial charge on any atom is -0.469 e. The lowest BCUT2D eigenvalue weighted by atomic mass is 10.0. The summed E-state index contributed by atoms with van der Waals surface area (Å²) in [5.74, 6) is -0.653. The Labute approximate surface area is 109 Å². The van der Waals surface area contributed by atoms with Crippen LogP contribution in [0.15, 0.2) is 16.6 Å². The van der Waals surface area contributed by atoms with E-state index in [0.717, 1.165) is 13.2 Å². The lowest BCUT2D eigenvalue weighted by Crippen LogP contribution is -2.11. The molecule has 0 heterocycles. The van der Waals surface area contributed by atoms with Crippen molar-refractivity contribution in [1.82, 2.24) is 0 Å². The Hall–Kier alpha value is -1.55. The predicted octanol–water partition coefficient (Wildman–Crippen LogP) is 3.06. The summed E-state index contributed by atoms with van der Waals surface area (Å²) in [6, 6.07) is 3.56. The van der Waals surface area contributed by atoms with Crippen LogP contribution >= 0.6 is 15.9 Å². The van der Waals surface area contributed by atoms with Crippen molar-refractivity contribution in [2.45, 2.75) is 12.6 Å². The predicted molar refractivity (Wildman–Crippen MR) is 59.6 cm³/mol. The van der Waals surface area contributed by atoms with Crippen LogP contribution in [0.1, 0.15) is 16.7 Å². The molecule has 18 heavy (non-hydrogen) atoms. The highest BCUT2D eigenvalue weighted by molar-refractivity contribution is 9.10. The van der Waals surface area contributed by atoms with Gasteiger partial charge in [-0.2, -0.15) is 18.4 Å². The number of esters is 1. The molecule has 0 aromatic heterocycles. The molecule has 0 radical (unpaired) electrons. The molecule has 1 aromatic carbocycles. The summed E-state index contributed by atoms with van der Waals surface area (Å²) in [7, 11) is 1.14. The number of alkyl halides is 3. The average molecular weight is 322 g/mol. The monoisotopic (exact) mass is 321 g/mol. The highest BCUT2D eigenvalue weighted by Gasteiger charge is 2.35. The summed E-state index contributed by atoms with van der Waals surface area (Å²) < 4.78 is 42.6. The SMILES string of the molecule is COC(=O)Cc1cc(Br)c(C#N)c(C(F)(F)F)c1. The number of halogens is 4. The number of carbonyl (C=O) groups is 1. The molecule has 0 saturated heterocycles. The van der Waals surface area contributed by atoms with Crippen LogP contribution in [-0.2, 0) is 22.1 Å². The van der Waals surface area contributed by atoms with Crippen molar-refractivity contribution in [3.63, 3.8) is 0 Å². The minimum absolute atomic E-state index is 0.00118. The molecule has 0 N–H and O–H groups in total. The molecule has 0 aliphatic heterocycles. The highest BCUT2D eigenvalue weighted by atomic mass is 79.9. The van der Waals surface area contributed by atoms with Crippen molar-refractivity contribution in [3.05, 3.63) is 33.3 Å². The van der Waals surface area contributed by atoms with Crippen LogP contribution in [0.3, 0.4) is 0 Å². The molecule has 0 fully saturated rings. The lowest BCUT2D eigenvalue weighted by Gasteiger charge is -2.12. The first kappa shape index (κ1) is 14.5. The largest absolute Gasteiger partial charge is 0.469 e. The van der Waals surface area contributed by atoms with E-state index < -0.39 is 23.3 Å². The van der Waals surface area contributed by atoms with Crippen molar-refractivity contribution < 1.29 is 22.7 Å². The summed E-state index contributed by atoms with van der Waals surface area (Å²) >= 11 is 2.89. The topological polar surface area (TPSA) is 50.1 Å². The highest BCUT2D eigenvalue weighted by Crippen LogP contribution is 2.35. The molecule has 7 heteroatoms. The van der Waals surface area contributed by atoms with Crippen LogP contribution in [0.25, 0.3) is 0 Å². The Morgan fingerprint density at radius 2 is 2.11 bits per heavy atom. The third-order valence-electron chi connectivity index (χ3n) is 2.14. The number of carbonyl (C=O) groups excluding carboxylic acids is 1. The van der Waals surface area contributed by atoms with E-state index in [0.29, 0.717) is 0 Å². The number of hydrogen-bond donors (Lipinski definition) is 0. The van der Waals surface area contributed by atoms with E-state index in [-0.39, 0.29) is 16.5 Å². The Bertz CT molecular complexity index is 520. The van der Waals surface area contributed by atoms with E-state index in [2.05, 4.69) is 20.7 Å². The molecular formula is C11H7BrF3NO2. The second-order valence-electron chi connectivity index (χ2n) is 3.36. The molecule has 3 nitrogen and oxygen atoms in total. The van der Waals surface area contributed by atoms with Gasteiger partial charge in [0.15, 0.2) is 0 Å². The first-order valence-electron chi connectivity index (χ1n) is 4.66. The third-order valence-corrected chi connectivity index (χ3v) is 2.77. The number of nitrogens with zero attached hydrogens (tertiary/aromatic N) is 1. The van der Waals surface area contributed by atoms with Gasteiger partial charge in [-0.05, 0) is 33.6 Å². The molecule has 1 rings (SSSR count). The van der Waals surface area contributed by atoms with Crippen LogP contribution in [0.4, 0.5) is 13.2 Å². The van der Waals surface area contributed by atoms with Crippen LogP contribution in [0.2, 0.25) is 0 Å². The first-order chi connectivity index (χ1) is 8.29. The van der Waals surface area contributed by atoms with Crippen LogP contribution in [0.5, 0.6) is 0 Å². The molecule has 0 saturated carbocycles. The van der Waals surface area contributed by atoms with Crippen molar-refractivity contribution in [2.24, 2.45) is 0 Å². The number of benzene rings is 1. The molecule has 0 amide bonds. The third kappa shape index (κ3) is 3.23. The lowest BCUT2D eigenvalue weighted by molar-refractivity contribution is -0.140. The zero-order chi connectivity index (χ0) is 13.9. The minimum atomic E-state index is -4.65. The summed E-state index contributed by atoms with van der Waals surface area (Å²) in [6.45, 7) is 0. The maximum atomic E-state index is 12.7. The standard InChI is InChI=1S/C11H7BrF3NO2/c1-18-10(17)4-6-2-8(11(13,14)15)7(5-16)9(12)3-6/h2-3H,4H2,1H3. The summed E-state index contributed by atoms with van der Waals surface area (Å²) in [6.07, 6.45) is -4.94. The van der Waals surface area contributed by atoms with E-state index in [1.54, 1.807) is 0 Å². The van der Waals surface area contributed by atoms with Gasteiger partial charge in [-0.25, -0.2) is 0 Å². The summed E-state index contributed by atoms with van der Waals surface area (Å²) in [5, 5.41) is 8.71. The van der Waals surface area contributed by atoms with Crippen LogP contribution < -0.4 is 0 Å². The average Bonchev–Trinajstić information content (AvgIpc) is 2.27. The van der Waals surface area contributed by atoms with Gasteiger partial charge >= 0.3 is 12.1 Å². The maximum Gasteiger partial charge on any atom is 0.417 e.